The number of rotatable bonds is 5. The lowest BCUT2D eigenvalue weighted by atomic mass is 10.3. The van der Waals surface area contributed by atoms with Gasteiger partial charge in [-0.25, -0.2) is 4.79 Å². The van der Waals surface area contributed by atoms with Crippen LogP contribution < -0.4 is 0 Å². The second-order valence-electron chi connectivity index (χ2n) is 3.57. The highest BCUT2D eigenvalue weighted by atomic mass is 16.6. The summed E-state index contributed by atoms with van der Waals surface area (Å²) in [4.78, 5) is 11.2. The second kappa shape index (κ2) is 2.96. The van der Waals surface area contributed by atoms with Gasteiger partial charge < -0.3 is 18.9 Å². The number of carbonyl (C=O) groups excluding carboxylic acids is 1. The summed E-state index contributed by atoms with van der Waals surface area (Å²) in [6.07, 6.45) is 1.06. The van der Waals surface area contributed by atoms with Crippen LogP contribution in [0.5, 0.6) is 0 Å². The van der Waals surface area contributed by atoms with E-state index in [1.807, 2.05) is 0 Å². The molecule has 0 N–H and O–H groups in total. The normalized spacial score (nSPS) is 32.3. The fourth-order valence-corrected chi connectivity index (χ4v) is 1.18. The fourth-order valence-electron chi connectivity index (χ4n) is 1.18. The van der Waals surface area contributed by atoms with Crippen molar-refractivity contribution in [1.82, 2.24) is 0 Å². The first-order chi connectivity index (χ1) is 6.83. The Hall–Kier alpha value is -1.07. The maximum absolute atomic E-state index is 11.2. The smallest absolute Gasteiger partial charge is 0.377 e. The Morgan fingerprint density at radius 3 is 2.71 bits per heavy atom. The predicted octanol–water partition coefficient (Wildman–Crippen LogP) is -0.0409. The molecule has 0 bridgehead atoms. The van der Waals surface area contributed by atoms with Gasteiger partial charge in [-0.3, -0.25) is 0 Å². The first-order valence-electron chi connectivity index (χ1n) is 4.64. The highest BCUT2D eigenvalue weighted by molar-refractivity contribution is 5.90. The molecule has 0 aromatic rings. The standard InChI is InChI=1S/C9H10O5/c10-9(13-4-6-3-12-6)8-7(14-8)1-5-2-11-5/h5-6H,1-4H2. The van der Waals surface area contributed by atoms with E-state index in [1.165, 1.54) is 0 Å². The topological polar surface area (TPSA) is 63.9 Å². The van der Waals surface area contributed by atoms with Gasteiger partial charge in [0, 0.05) is 6.42 Å². The van der Waals surface area contributed by atoms with Crippen LogP contribution in [0.15, 0.2) is 11.5 Å². The van der Waals surface area contributed by atoms with Crippen molar-refractivity contribution in [2.24, 2.45) is 0 Å². The summed E-state index contributed by atoms with van der Waals surface area (Å²) >= 11 is 0. The van der Waals surface area contributed by atoms with Crippen LogP contribution in [0, 0.1) is 0 Å². The van der Waals surface area contributed by atoms with Gasteiger partial charge in [0.15, 0.2) is 5.76 Å². The number of carbonyl (C=O) groups is 1. The summed E-state index contributed by atoms with van der Waals surface area (Å²) in [5.74, 6) is 0.700. The van der Waals surface area contributed by atoms with E-state index >= 15 is 0 Å². The van der Waals surface area contributed by atoms with Crippen molar-refractivity contribution in [3.05, 3.63) is 11.5 Å². The van der Waals surface area contributed by atoms with Crippen LogP contribution in [0.1, 0.15) is 6.42 Å². The number of hydrogen-bond acceptors (Lipinski definition) is 5. The van der Waals surface area contributed by atoms with E-state index < -0.39 is 0 Å². The molecule has 0 spiro atoms. The molecule has 2 fully saturated rings. The van der Waals surface area contributed by atoms with Gasteiger partial charge in [-0.2, -0.15) is 0 Å². The van der Waals surface area contributed by atoms with E-state index in [9.17, 15) is 4.79 Å². The molecular weight excluding hydrogens is 188 g/mol. The Bertz CT molecular complexity index is 300. The Morgan fingerprint density at radius 2 is 2.07 bits per heavy atom. The van der Waals surface area contributed by atoms with Crippen molar-refractivity contribution in [3.8, 4) is 0 Å². The molecule has 2 atom stereocenters. The third kappa shape index (κ3) is 1.88. The Morgan fingerprint density at radius 1 is 1.36 bits per heavy atom. The summed E-state index contributed by atoms with van der Waals surface area (Å²) in [5, 5.41) is 0. The average Bonchev–Trinajstić information content (AvgIpc) is 2.98. The van der Waals surface area contributed by atoms with Gasteiger partial charge in [-0.15, -0.1) is 0 Å². The van der Waals surface area contributed by atoms with E-state index in [1.54, 1.807) is 0 Å². The lowest BCUT2D eigenvalue weighted by Crippen LogP contribution is -2.08. The summed E-state index contributed by atoms with van der Waals surface area (Å²) in [6.45, 7) is 1.79. The minimum absolute atomic E-state index is 0.105. The molecular formula is C9H10O5. The van der Waals surface area contributed by atoms with Crippen molar-refractivity contribution in [3.63, 3.8) is 0 Å². The van der Waals surface area contributed by atoms with Gasteiger partial charge in [-0.1, -0.05) is 0 Å². The molecule has 0 amide bonds. The second-order valence-corrected chi connectivity index (χ2v) is 3.57. The average molecular weight is 198 g/mol. The van der Waals surface area contributed by atoms with Crippen LogP contribution >= 0.6 is 0 Å². The van der Waals surface area contributed by atoms with Crippen LogP contribution in [0.3, 0.4) is 0 Å². The SMILES string of the molecule is O=C(OCC1CO1)C1=C(CC2CO2)O1. The van der Waals surface area contributed by atoms with Gasteiger partial charge in [0.1, 0.15) is 12.7 Å². The van der Waals surface area contributed by atoms with Gasteiger partial charge in [-0.05, 0) is 0 Å². The number of epoxide rings is 2. The maximum atomic E-state index is 11.2. The van der Waals surface area contributed by atoms with Gasteiger partial charge >= 0.3 is 5.97 Å². The molecule has 2 unspecified atom stereocenters. The molecule has 3 rings (SSSR count). The van der Waals surface area contributed by atoms with Crippen molar-refractivity contribution in [2.75, 3.05) is 19.8 Å². The molecule has 5 nitrogen and oxygen atoms in total. The van der Waals surface area contributed by atoms with Crippen molar-refractivity contribution < 1.29 is 23.7 Å². The lowest BCUT2D eigenvalue weighted by Gasteiger charge is -1.94. The molecule has 14 heavy (non-hydrogen) atoms. The van der Waals surface area contributed by atoms with Crippen LogP contribution in [0.2, 0.25) is 0 Å². The summed E-state index contributed by atoms with van der Waals surface area (Å²) in [5.41, 5.74) is 0. The Labute approximate surface area is 80.6 Å². The van der Waals surface area contributed by atoms with Crippen molar-refractivity contribution in [2.45, 2.75) is 18.6 Å². The molecule has 3 heterocycles. The first-order valence-corrected chi connectivity index (χ1v) is 4.64. The fraction of sp³-hybridized carbons (Fsp3) is 0.667. The number of ether oxygens (including phenoxy) is 4. The third-order valence-corrected chi connectivity index (χ3v) is 2.24. The van der Waals surface area contributed by atoms with E-state index in [0.29, 0.717) is 31.2 Å². The summed E-state index contributed by atoms with van der Waals surface area (Å²) < 4.78 is 19.9. The minimum atomic E-state index is -0.379. The van der Waals surface area contributed by atoms with E-state index in [-0.39, 0.29) is 18.2 Å². The molecule has 3 aliphatic heterocycles. The number of hydrogen-bond donors (Lipinski definition) is 0. The van der Waals surface area contributed by atoms with Crippen LogP contribution in [-0.2, 0) is 23.7 Å². The lowest BCUT2D eigenvalue weighted by molar-refractivity contribution is -0.140. The van der Waals surface area contributed by atoms with Crippen LogP contribution in [-0.4, -0.2) is 38.0 Å². The van der Waals surface area contributed by atoms with Crippen molar-refractivity contribution >= 4 is 5.97 Å². The first kappa shape index (κ1) is 8.26. The molecule has 0 radical (unpaired) electrons. The monoisotopic (exact) mass is 198 g/mol. The van der Waals surface area contributed by atoms with E-state index in [0.717, 1.165) is 6.61 Å². The molecule has 0 aromatic heterocycles. The minimum Gasteiger partial charge on any atom is -0.457 e. The molecule has 76 valence electrons. The van der Waals surface area contributed by atoms with Gasteiger partial charge in [0.05, 0.1) is 19.3 Å². The van der Waals surface area contributed by atoms with E-state index in [4.69, 9.17) is 18.9 Å². The van der Waals surface area contributed by atoms with Crippen LogP contribution in [0.4, 0.5) is 0 Å². The predicted molar refractivity (Wildman–Crippen MR) is 43.2 cm³/mol. The Kier molecular flexibility index (Phi) is 1.75. The zero-order chi connectivity index (χ0) is 9.54. The molecule has 2 saturated heterocycles. The summed E-state index contributed by atoms with van der Waals surface area (Å²) in [7, 11) is 0. The highest BCUT2D eigenvalue weighted by Gasteiger charge is 2.39. The zero-order valence-electron chi connectivity index (χ0n) is 7.52. The Balaban J connectivity index is 1.45. The third-order valence-electron chi connectivity index (χ3n) is 2.24. The van der Waals surface area contributed by atoms with E-state index in [2.05, 4.69) is 0 Å². The molecule has 3 aliphatic rings. The maximum Gasteiger partial charge on any atom is 0.377 e. The molecule has 0 aromatic carbocycles. The highest BCUT2D eigenvalue weighted by Crippen LogP contribution is 2.34. The largest absolute Gasteiger partial charge is 0.457 e. The van der Waals surface area contributed by atoms with Gasteiger partial charge in [0.2, 0.25) is 5.76 Å². The van der Waals surface area contributed by atoms with Crippen molar-refractivity contribution in [1.29, 1.82) is 0 Å². The summed E-state index contributed by atoms with van der Waals surface area (Å²) in [6, 6.07) is 0. The molecule has 5 heteroatoms. The quantitative estimate of drug-likeness (QED) is 0.458. The molecule has 0 aliphatic carbocycles. The molecule has 0 saturated carbocycles. The van der Waals surface area contributed by atoms with Crippen LogP contribution in [0.25, 0.3) is 0 Å². The zero-order valence-corrected chi connectivity index (χ0v) is 7.52. The number of esters is 1. The van der Waals surface area contributed by atoms with Gasteiger partial charge in [0.25, 0.3) is 0 Å².